The molecule has 1 N–H and O–H groups in total. The van der Waals surface area contributed by atoms with Crippen LogP contribution in [0.5, 0.6) is 0 Å². The number of aromatic nitrogens is 2. The molecule has 0 aliphatic rings. The highest BCUT2D eigenvalue weighted by Crippen LogP contribution is 2.15. The number of halogens is 2. The molecule has 0 fully saturated rings. The van der Waals surface area contributed by atoms with Crippen molar-refractivity contribution >= 4 is 17.3 Å². The van der Waals surface area contributed by atoms with Crippen molar-refractivity contribution in [2.45, 2.75) is 13.5 Å². The monoisotopic (exact) mass is 281 g/mol. The van der Waals surface area contributed by atoms with Crippen molar-refractivity contribution in [2.24, 2.45) is 0 Å². The lowest BCUT2D eigenvalue weighted by molar-refractivity contribution is 0.572. The smallest absolute Gasteiger partial charge is 0.269 e. The zero-order chi connectivity index (χ0) is 13.8. The van der Waals surface area contributed by atoms with Crippen LogP contribution in [0.2, 0.25) is 5.02 Å². The number of nitrogens with one attached hydrogen (secondary N) is 1. The Bertz CT molecular complexity index is 642. The molecule has 1 heterocycles. The van der Waals surface area contributed by atoms with Gasteiger partial charge in [-0.1, -0.05) is 17.7 Å². The third-order valence-electron chi connectivity index (χ3n) is 2.59. The number of hydrogen-bond donors (Lipinski definition) is 1. The predicted octanol–water partition coefficient (Wildman–Crippen LogP) is 2.52. The van der Waals surface area contributed by atoms with Crippen molar-refractivity contribution in [3.05, 3.63) is 57.2 Å². The molecule has 0 atom stereocenters. The zero-order valence-electron chi connectivity index (χ0n) is 10.4. The number of nitrogens with zero attached hydrogens (tertiary/aromatic N) is 2. The van der Waals surface area contributed by atoms with Gasteiger partial charge in [0, 0.05) is 23.2 Å². The maximum atomic E-state index is 13.6. The van der Waals surface area contributed by atoms with E-state index in [2.05, 4.69) is 10.4 Å². The summed E-state index contributed by atoms with van der Waals surface area (Å²) in [5.74, 6) is -0.447. The summed E-state index contributed by atoms with van der Waals surface area (Å²) >= 11 is 5.67. The van der Waals surface area contributed by atoms with E-state index in [-0.39, 0.29) is 12.1 Å². The second-order valence-corrected chi connectivity index (χ2v) is 4.44. The molecule has 0 spiro atoms. The lowest BCUT2D eigenvalue weighted by Gasteiger charge is -2.07. The lowest BCUT2D eigenvalue weighted by Crippen LogP contribution is -2.23. The molecule has 19 heavy (non-hydrogen) atoms. The molecule has 0 radical (unpaired) electrons. The number of rotatable bonds is 4. The van der Waals surface area contributed by atoms with Crippen molar-refractivity contribution < 1.29 is 4.39 Å². The van der Waals surface area contributed by atoms with E-state index in [1.807, 2.05) is 6.92 Å². The van der Waals surface area contributed by atoms with Crippen molar-refractivity contribution in [3.63, 3.8) is 0 Å². The van der Waals surface area contributed by atoms with Crippen LogP contribution in [-0.4, -0.2) is 16.3 Å². The summed E-state index contributed by atoms with van der Waals surface area (Å²) in [7, 11) is 0. The quantitative estimate of drug-likeness (QED) is 0.937. The predicted molar refractivity (Wildman–Crippen MR) is 73.2 cm³/mol. The standard InChI is InChI=1S/C13H13ClFN3O/c1-2-16-11-6-13(19)18(17-7-11)8-9-3-4-10(14)5-12(9)15/h3-7,16H,2,8H2,1H3. The lowest BCUT2D eigenvalue weighted by atomic mass is 10.2. The second kappa shape index (κ2) is 5.84. The van der Waals surface area contributed by atoms with E-state index in [0.717, 1.165) is 0 Å². The summed E-state index contributed by atoms with van der Waals surface area (Å²) in [5, 5.41) is 7.31. The van der Waals surface area contributed by atoms with Crippen molar-refractivity contribution in [2.75, 3.05) is 11.9 Å². The Morgan fingerprint density at radius 1 is 1.42 bits per heavy atom. The van der Waals surface area contributed by atoms with Gasteiger partial charge in [0.05, 0.1) is 18.4 Å². The first-order valence-electron chi connectivity index (χ1n) is 5.85. The molecule has 6 heteroatoms. The minimum absolute atomic E-state index is 0.0776. The molecule has 1 aromatic carbocycles. The summed E-state index contributed by atoms with van der Waals surface area (Å²) in [4.78, 5) is 11.8. The number of benzene rings is 1. The van der Waals surface area contributed by atoms with Crippen LogP contribution in [0.4, 0.5) is 10.1 Å². The van der Waals surface area contributed by atoms with Crippen LogP contribution in [-0.2, 0) is 6.54 Å². The minimum Gasteiger partial charge on any atom is -0.384 e. The third-order valence-corrected chi connectivity index (χ3v) is 2.82. The van der Waals surface area contributed by atoms with Gasteiger partial charge in [-0.2, -0.15) is 5.10 Å². The zero-order valence-corrected chi connectivity index (χ0v) is 11.1. The van der Waals surface area contributed by atoms with Crippen molar-refractivity contribution in [3.8, 4) is 0 Å². The Labute approximate surface area is 114 Å². The van der Waals surface area contributed by atoms with Gasteiger partial charge in [-0.3, -0.25) is 4.79 Å². The van der Waals surface area contributed by atoms with Gasteiger partial charge >= 0.3 is 0 Å². The van der Waals surface area contributed by atoms with Crippen molar-refractivity contribution in [1.29, 1.82) is 0 Å². The molecule has 2 rings (SSSR count). The summed E-state index contributed by atoms with van der Waals surface area (Å²) in [6.07, 6.45) is 1.54. The fourth-order valence-corrected chi connectivity index (χ4v) is 1.82. The number of anilines is 1. The summed E-state index contributed by atoms with van der Waals surface area (Å²) < 4.78 is 14.8. The molecule has 0 aliphatic heterocycles. The molecule has 0 saturated carbocycles. The average Bonchev–Trinajstić information content (AvgIpc) is 2.36. The van der Waals surface area contributed by atoms with Gasteiger partial charge in [0.15, 0.2) is 0 Å². The summed E-state index contributed by atoms with van der Waals surface area (Å²) in [5.41, 5.74) is 0.739. The third kappa shape index (κ3) is 3.32. The highest BCUT2D eigenvalue weighted by molar-refractivity contribution is 6.30. The molecular weight excluding hydrogens is 269 g/mol. The summed E-state index contributed by atoms with van der Waals surface area (Å²) in [6, 6.07) is 5.78. The Morgan fingerprint density at radius 3 is 2.84 bits per heavy atom. The molecule has 1 aromatic heterocycles. The molecule has 4 nitrogen and oxygen atoms in total. The second-order valence-electron chi connectivity index (χ2n) is 4.01. The first-order valence-corrected chi connectivity index (χ1v) is 6.23. The van der Waals surface area contributed by atoms with Crippen molar-refractivity contribution in [1.82, 2.24) is 9.78 Å². The Balaban J connectivity index is 2.26. The average molecular weight is 282 g/mol. The van der Waals surface area contributed by atoms with Crippen LogP contribution in [0.1, 0.15) is 12.5 Å². The Kier molecular flexibility index (Phi) is 4.16. The first-order chi connectivity index (χ1) is 9.10. The van der Waals surface area contributed by atoms with Crippen LogP contribution in [0.25, 0.3) is 0 Å². The fourth-order valence-electron chi connectivity index (χ4n) is 1.66. The normalized spacial score (nSPS) is 10.5. The summed E-state index contributed by atoms with van der Waals surface area (Å²) in [6.45, 7) is 2.71. The topological polar surface area (TPSA) is 46.9 Å². The van der Waals surface area contributed by atoms with Crippen LogP contribution < -0.4 is 10.9 Å². The van der Waals surface area contributed by atoms with Crippen LogP contribution >= 0.6 is 11.6 Å². The van der Waals surface area contributed by atoms with Gasteiger partial charge in [0.1, 0.15) is 5.82 Å². The Hall–Kier alpha value is -1.88. The highest BCUT2D eigenvalue weighted by atomic mass is 35.5. The largest absolute Gasteiger partial charge is 0.384 e. The maximum Gasteiger partial charge on any atom is 0.269 e. The van der Waals surface area contributed by atoms with E-state index in [1.165, 1.54) is 16.8 Å². The first kappa shape index (κ1) is 13.5. The van der Waals surface area contributed by atoms with Crippen LogP contribution in [0, 0.1) is 5.82 Å². The molecule has 0 amide bonds. The van der Waals surface area contributed by atoms with Gasteiger partial charge in [-0.25, -0.2) is 9.07 Å². The van der Waals surface area contributed by atoms with E-state index in [9.17, 15) is 9.18 Å². The molecule has 0 aliphatic carbocycles. The molecular formula is C13H13ClFN3O. The molecule has 100 valence electrons. The van der Waals surface area contributed by atoms with Gasteiger partial charge in [0.25, 0.3) is 5.56 Å². The number of hydrogen-bond acceptors (Lipinski definition) is 3. The molecule has 0 saturated heterocycles. The SMILES string of the molecule is CCNc1cnn(Cc2ccc(Cl)cc2F)c(=O)c1. The van der Waals surface area contributed by atoms with E-state index < -0.39 is 5.82 Å². The van der Waals surface area contributed by atoms with E-state index in [1.54, 1.807) is 18.3 Å². The van der Waals surface area contributed by atoms with E-state index >= 15 is 0 Å². The Morgan fingerprint density at radius 2 is 2.21 bits per heavy atom. The van der Waals surface area contributed by atoms with Gasteiger partial charge < -0.3 is 5.32 Å². The fraction of sp³-hybridized carbons (Fsp3) is 0.231. The molecule has 2 aromatic rings. The van der Waals surface area contributed by atoms with Crippen LogP contribution in [0.3, 0.4) is 0 Å². The van der Waals surface area contributed by atoms with E-state index in [0.29, 0.717) is 22.8 Å². The van der Waals surface area contributed by atoms with Crippen LogP contribution in [0.15, 0.2) is 35.3 Å². The van der Waals surface area contributed by atoms with E-state index in [4.69, 9.17) is 11.6 Å². The van der Waals surface area contributed by atoms with Gasteiger partial charge in [-0.05, 0) is 19.1 Å². The minimum atomic E-state index is -0.447. The molecule has 0 bridgehead atoms. The molecule has 0 unspecified atom stereocenters. The maximum absolute atomic E-state index is 13.6. The van der Waals surface area contributed by atoms with Gasteiger partial charge in [0.2, 0.25) is 0 Å². The van der Waals surface area contributed by atoms with Gasteiger partial charge in [-0.15, -0.1) is 0 Å². The highest BCUT2D eigenvalue weighted by Gasteiger charge is 2.06.